The molecule has 2 aromatic carbocycles. The number of benzene rings is 2. The average Bonchev–Trinajstić information content (AvgIpc) is 2.65. The van der Waals surface area contributed by atoms with Crippen LogP contribution in [0.15, 0.2) is 53.4 Å². The van der Waals surface area contributed by atoms with Crippen LogP contribution < -0.4 is 10.5 Å². The van der Waals surface area contributed by atoms with E-state index < -0.39 is 15.9 Å². The summed E-state index contributed by atoms with van der Waals surface area (Å²) in [5, 5.41) is 8.17. The van der Waals surface area contributed by atoms with Gasteiger partial charge in [0, 0.05) is 6.54 Å². The van der Waals surface area contributed by atoms with Crippen molar-refractivity contribution in [2.24, 2.45) is 5.14 Å². The number of rotatable bonds is 8. The third-order valence-electron chi connectivity index (χ3n) is 4.40. The molecule has 146 valence electrons. The minimum Gasteiger partial charge on any atom is -0.350 e. The van der Waals surface area contributed by atoms with Crippen molar-refractivity contribution < 1.29 is 13.2 Å². The van der Waals surface area contributed by atoms with E-state index in [0.29, 0.717) is 6.54 Å². The summed E-state index contributed by atoms with van der Waals surface area (Å²) < 4.78 is 23.1. The van der Waals surface area contributed by atoms with Gasteiger partial charge in [-0.25, -0.2) is 13.6 Å². The Balaban J connectivity index is 2.23. The molecule has 1 atom stereocenters. The number of halogens is 1. The fraction of sp³-hybridized carbons (Fsp3) is 0.316. The third-order valence-corrected chi connectivity index (χ3v) is 5.65. The number of hydrogen-bond acceptors (Lipinski definition) is 4. The molecule has 2 rings (SSSR count). The largest absolute Gasteiger partial charge is 0.350 e. The maximum absolute atomic E-state index is 12.6. The molecule has 8 heteroatoms. The predicted octanol–water partition coefficient (Wildman–Crippen LogP) is 2.80. The summed E-state index contributed by atoms with van der Waals surface area (Å²) in [5.74, 6) is -0.446. The first-order chi connectivity index (χ1) is 12.8. The minimum absolute atomic E-state index is 0.00894. The molecule has 3 N–H and O–H groups in total. The molecule has 2 aromatic rings. The van der Waals surface area contributed by atoms with E-state index in [9.17, 15) is 13.2 Å². The molecule has 0 saturated heterocycles. The third kappa shape index (κ3) is 5.52. The summed E-state index contributed by atoms with van der Waals surface area (Å²) >= 11 is 6.08. The lowest BCUT2D eigenvalue weighted by Gasteiger charge is -2.30. The van der Waals surface area contributed by atoms with Crippen LogP contribution in [0, 0.1) is 0 Å². The quantitative estimate of drug-likeness (QED) is 0.701. The molecule has 1 amide bonds. The summed E-state index contributed by atoms with van der Waals surface area (Å²) in [6.45, 7) is 6.14. The second-order valence-electron chi connectivity index (χ2n) is 6.04. The van der Waals surface area contributed by atoms with Crippen molar-refractivity contribution in [3.63, 3.8) is 0 Å². The van der Waals surface area contributed by atoms with Crippen molar-refractivity contribution in [1.82, 2.24) is 10.2 Å². The van der Waals surface area contributed by atoms with Crippen molar-refractivity contribution in [3.05, 3.63) is 64.7 Å². The van der Waals surface area contributed by atoms with Gasteiger partial charge in [-0.3, -0.25) is 9.69 Å². The number of primary sulfonamides is 1. The Hall–Kier alpha value is -1.93. The lowest BCUT2D eigenvalue weighted by molar-refractivity contribution is 0.0935. The Morgan fingerprint density at radius 2 is 1.78 bits per heavy atom. The number of carbonyl (C=O) groups excluding carboxylic acids is 1. The number of likely N-dealkylation sites (N-methyl/N-ethyl adjacent to an activating group) is 1. The Morgan fingerprint density at radius 1 is 1.15 bits per heavy atom. The highest BCUT2D eigenvalue weighted by atomic mass is 35.5. The summed E-state index contributed by atoms with van der Waals surface area (Å²) in [4.78, 5) is 14.7. The molecule has 6 nitrogen and oxygen atoms in total. The molecule has 0 aliphatic rings. The lowest BCUT2D eigenvalue weighted by Crippen LogP contribution is -2.38. The van der Waals surface area contributed by atoms with Gasteiger partial charge in [0.15, 0.2) is 0 Å². The van der Waals surface area contributed by atoms with E-state index >= 15 is 0 Å². The predicted molar refractivity (Wildman–Crippen MR) is 107 cm³/mol. The van der Waals surface area contributed by atoms with Crippen LogP contribution in [-0.2, 0) is 10.0 Å². The van der Waals surface area contributed by atoms with Gasteiger partial charge in [0.05, 0.1) is 21.5 Å². The Bertz CT molecular complexity index is 884. The van der Waals surface area contributed by atoms with Gasteiger partial charge in [-0.05, 0) is 36.9 Å². The van der Waals surface area contributed by atoms with Gasteiger partial charge in [-0.1, -0.05) is 55.8 Å². The van der Waals surface area contributed by atoms with Gasteiger partial charge < -0.3 is 5.32 Å². The van der Waals surface area contributed by atoms with Crippen LogP contribution in [0.4, 0.5) is 0 Å². The summed E-state index contributed by atoms with van der Waals surface area (Å²) in [7, 11) is -3.92. The number of hydrogen-bond donors (Lipinski definition) is 2. The minimum atomic E-state index is -3.92. The average molecular weight is 410 g/mol. The van der Waals surface area contributed by atoms with Crippen LogP contribution in [0.2, 0.25) is 5.02 Å². The van der Waals surface area contributed by atoms with E-state index in [0.717, 1.165) is 18.7 Å². The SMILES string of the molecule is CCN(CC)[C@H](CNC(=O)c1cc(S(N)(=O)=O)ccc1Cl)c1ccccc1. The highest BCUT2D eigenvalue weighted by Gasteiger charge is 2.21. The van der Waals surface area contributed by atoms with Crippen molar-refractivity contribution in [2.45, 2.75) is 24.8 Å². The smallest absolute Gasteiger partial charge is 0.252 e. The molecule has 0 aliphatic carbocycles. The molecular formula is C19H24ClN3O3S. The number of carbonyl (C=O) groups is 1. The molecule has 0 saturated carbocycles. The first-order valence-corrected chi connectivity index (χ1v) is 10.6. The zero-order valence-corrected chi connectivity index (χ0v) is 16.9. The molecule has 0 radical (unpaired) electrons. The normalized spacial score (nSPS) is 12.8. The Labute approximate surface area is 165 Å². The molecule has 0 aromatic heterocycles. The van der Waals surface area contributed by atoms with Crippen LogP contribution in [-0.4, -0.2) is 38.9 Å². The summed E-state index contributed by atoms with van der Waals surface area (Å²) in [5.41, 5.74) is 1.17. The number of nitrogens with one attached hydrogen (secondary N) is 1. The van der Waals surface area contributed by atoms with Crippen molar-refractivity contribution in [1.29, 1.82) is 0 Å². The van der Waals surface area contributed by atoms with Crippen molar-refractivity contribution in [2.75, 3.05) is 19.6 Å². The fourth-order valence-corrected chi connectivity index (χ4v) is 3.68. The molecule has 0 bridgehead atoms. The van der Waals surface area contributed by atoms with Gasteiger partial charge in [-0.15, -0.1) is 0 Å². The maximum atomic E-state index is 12.6. The Morgan fingerprint density at radius 3 is 2.33 bits per heavy atom. The van der Waals surface area contributed by atoms with E-state index in [2.05, 4.69) is 24.1 Å². The molecule has 0 unspecified atom stereocenters. The van der Waals surface area contributed by atoms with Crippen LogP contribution in [0.3, 0.4) is 0 Å². The van der Waals surface area contributed by atoms with Gasteiger partial charge in [-0.2, -0.15) is 0 Å². The van der Waals surface area contributed by atoms with Gasteiger partial charge in [0.1, 0.15) is 0 Å². The van der Waals surface area contributed by atoms with Crippen molar-refractivity contribution >= 4 is 27.5 Å². The summed E-state index contributed by atoms with van der Waals surface area (Å²) in [6, 6.07) is 13.7. The van der Waals surface area contributed by atoms with E-state index in [1.807, 2.05) is 30.3 Å². The molecule has 0 aliphatic heterocycles. The second-order valence-corrected chi connectivity index (χ2v) is 8.01. The first-order valence-electron chi connectivity index (χ1n) is 8.67. The van der Waals surface area contributed by atoms with Crippen molar-refractivity contribution in [3.8, 4) is 0 Å². The van der Waals surface area contributed by atoms with E-state index in [1.165, 1.54) is 18.2 Å². The number of nitrogens with zero attached hydrogens (tertiary/aromatic N) is 1. The van der Waals surface area contributed by atoms with Crippen LogP contribution in [0.5, 0.6) is 0 Å². The number of amides is 1. The molecule has 0 heterocycles. The lowest BCUT2D eigenvalue weighted by atomic mass is 10.0. The van der Waals surface area contributed by atoms with Crippen LogP contribution in [0.1, 0.15) is 35.8 Å². The monoisotopic (exact) mass is 409 g/mol. The van der Waals surface area contributed by atoms with E-state index in [1.54, 1.807) is 0 Å². The molecule has 27 heavy (non-hydrogen) atoms. The molecule has 0 spiro atoms. The zero-order chi connectivity index (χ0) is 20.0. The topological polar surface area (TPSA) is 92.5 Å². The van der Waals surface area contributed by atoms with Crippen LogP contribution in [0.25, 0.3) is 0 Å². The first kappa shape index (κ1) is 21.4. The highest BCUT2D eigenvalue weighted by molar-refractivity contribution is 7.89. The highest BCUT2D eigenvalue weighted by Crippen LogP contribution is 2.22. The van der Waals surface area contributed by atoms with Gasteiger partial charge in [0.2, 0.25) is 10.0 Å². The maximum Gasteiger partial charge on any atom is 0.252 e. The standard InChI is InChI=1S/C19H24ClN3O3S/c1-3-23(4-2)18(14-8-6-5-7-9-14)13-22-19(24)16-12-15(27(21,25)26)10-11-17(16)20/h5-12,18H,3-4,13H2,1-2H3,(H,22,24)(H2,21,25,26)/t18-/m1/s1. The van der Waals surface area contributed by atoms with Gasteiger partial charge in [0.25, 0.3) is 5.91 Å². The van der Waals surface area contributed by atoms with Gasteiger partial charge >= 0.3 is 0 Å². The van der Waals surface area contributed by atoms with E-state index in [-0.39, 0.29) is 21.5 Å². The number of sulfonamides is 1. The van der Waals surface area contributed by atoms with Crippen LogP contribution >= 0.6 is 11.6 Å². The zero-order valence-electron chi connectivity index (χ0n) is 15.4. The Kier molecular flexibility index (Phi) is 7.38. The summed E-state index contributed by atoms with van der Waals surface area (Å²) in [6.07, 6.45) is 0. The molecular weight excluding hydrogens is 386 g/mol. The number of nitrogens with two attached hydrogens (primary N) is 1. The fourth-order valence-electron chi connectivity index (χ4n) is 2.94. The van der Waals surface area contributed by atoms with E-state index in [4.69, 9.17) is 16.7 Å². The second kappa shape index (κ2) is 9.32. The molecule has 0 fully saturated rings.